The van der Waals surface area contributed by atoms with Crippen LogP contribution in [-0.2, 0) is 23.9 Å². The van der Waals surface area contributed by atoms with Gasteiger partial charge in [0.15, 0.2) is 11.5 Å². The van der Waals surface area contributed by atoms with Crippen LogP contribution >= 0.6 is 0 Å². The van der Waals surface area contributed by atoms with E-state index in [1.165, 1.54) is 32.0 Å². The second-order valence-electron chi connectivity index (χ2n) is 7.20. The molecule has 9 heteroatoms. The van der Waals surface area contributed by atoms with Crippen LogP contribution in [0.2, 0.25) is 0 Å². The molecule has 0 radical (unpaired) electrons. The minimum atomic E-state index is -1.31. The zero-order chi connectivity index (χ0) is 23.0. The van der Waals surface area contributed by atoms with Crippen molar-refractivity contribution in [3.63, 3.8) is 0 Å². The lowest BCUT2D eigenvalue weighted by molar-refractivity contribution is -0.149. The minimum absolute atomic E-state index is 0.0138. The van der Waals surface area contributed by atoms with Crippen molar-refractivity contribution in [2.45, 2.75) is 53.0 Å². The van der Waals surface area contributed by atoms with E-state index in [2.05, 4.69) is 0 Å². The Hall–Kier alpha value is -2.94. The Morgan fingerprint density at radius 2 is 1.60 bits per heavy atom. The molecule has 0 saturated carbocycles. The van der Waals surface area contributed by atoms with Crippen LogP contribution in [0.4, 0.5) is 0 Å². The SMILES string of the molecule is CCC(C)C(=O)OCC(C)C(c1ccc(OC(C)=O)c(OC(C)=O)c1)[C@H](N)C(=O)O. The number of carboxylic acid groups (broad SMARTS) is 1. The van der Waals surface area contributed by atoms with Gasteiger partial charge < -0.3 is 25.1 Å². The number of carbonyl (C=O) groups is 4. The number of carbonyl (C=O) groups excluding carboxylic acids is 3. The topological polar surface area (TPSA) is 142 Å². The smallest absolute Gasteiger partial charge is 0.321 e. The van der Waals surface area contributed by atoms with Gasteiger partial charge >= 0.3 is 23.9 Å². The van der Waals surface area contributed by atoms with Crippen LogP contribution in [0.3, 0.4) is 0 Å². The molecule has 1 rings (SSSR count). The van der Waals surface area contributed by atoms with Gasteiger partial charge in [-0.2, -0.15) is 0 Å². The van der Waals surface area contributed by atoms with Crippen molar-refractivity contribution < 1.29 is 38.5 Å². The lowest BCUT2D eigenvalue weighted by Gasteiger charge is -2.28. The highest BCUT2D eigenvalue weighted by molar-refractivity contribution is 5.76. The summed E-state index contributed by atoms with van der Waals surface area (Å²) < 4.78 is 15.5. The predicted molar refractivity (Wildman–Crippen MR) is 107 cm³/mol. The van der Waals surface area contributed by atoms with Gasteiger partial charge in [0, 0.05) is 19.8 Å². The first-order valence-corrected chi connectivity index (χ1v) is 9.63. The molecule has 0 aliphatic carbocycles. The molecule has 166 valence electrons. The van der Waals surface area contributed by atoms with Gasteiger partial charge in [0.2, 0.25) is 0 Å². The molecule has 0 bridgehead atoms. The number of hydrogen-bond acceptors (Lipinski definition) is 8. The number of hydrogen-bond donors (Lipinski definition) is 2. The Morgan fingerprint density at radius 1 is 1.03 bits per heavy atom. The standard InChI is InChI=1S/C21H29NO8/c1-6-11(2)21(27)28-10-12(3)18(19(22)20(25)26)15-7-8-16(29-13(4)23)17(9-15)30-14(5)24/h7-9,11-12,18-19H,6,10,22H2,1-5H3,(H,25,26)/t11?,12?,18?,19-/m0/s1. The molecule has 0 amide bonds. The van der Waals surface area contributed by atoms with Gasteiger partial charge in [0.25, 0.3) is 0 Å². The normalized spacial score (nSPS) is 14.7. The Kier molecular flexibility index (Phi) is 9.45. The van der Waals surface area contributed by atoms with E-state index in [1.807, 2.05) is 6.92 Å². The van der Waals surface area contributed by atoms with Gasteiger partial charge in [-0.15, -0.1) is 0 Å². The summed E-state index contributed by atoms with van der Waals surface area (Å²) in [6.07, 6.45) is 0.620. The van der Waals surface area contributed by atoms with Crippen LogP contribution in [0.1, 0.15) is 52.5 Å². The van der Waals surface area contributed by atoms with E-state index in [-0.39, 0.29) is 30.0 Å². The average Bonchev–Trinajstić information content (AvgIpc) is 2.66. The maximum atomic E-state index is 12.0. The Bertz CT molecular complexity index is 791. The van der Waals surface area contributed by atoms with Gasteiger partial charge in [0.1, 0.15) is 6.04 Å². The third-order valence-electron chi connectivity index (χ3n) is 4.65. The second-order valence-corrected chi connectivity index (χ2v) is 7.20. The number of rotatable bonds is 10. The van der Waals surface area contributed by atoms with Gasteiger partial charge in [0.05, 0.1) is 12.5 Å². The minimum Gasteiger partial charge on any atom is -0.480 e. The van der Waals surface area contributed by atoms with E-state index in [1.54, 1.807) is 13.8 Å². The maximum Gasteiger partial charge on any atom is 0.321 e. The molecule has 0 spiro atoms. The lowest BCUT2D eigenvalue weighted by Crippen LogP contribution is -2.40. The van der Waals surface area contributed by atoms with Crippen molar-refractivity contribution in [2.75, 3.05) is 6.61 Å². The molecule has 0 aliphatic heterocycles. The zero-order valence-corrected chi connectivity index (χ0v) is 17.8. The molecule has 0 aromatic heterocycles. The number of nitrogens with two attached hydrogens (primary N) is 1. The number of benzene rings is 1. The predicted octanol–water partition coefficient (Wildman–Crippen LogP) is 2.26. The van der Waals surface area contributed by atoms with Crippen LogP contribution in [-0.4, -0.2) is 41.6 Å². The van der Waals surface area contributed by atoms with Gasteiger partial charge in [-0.3, -0.25) is 19.2 Å². The Morgan fingerprint density at radius 3 is 2.10 bits per heavy atom. The maximum absolute atomic E-state index is 12.0. The quantitative estimate of drug-likeness (QED) is 0.428. The first-order chi connectivity index (χ1) is 14.0. The summed E-state index contributed by atoms with van der Waals surface area (Å²) in [5, 5.41) is 9.47. The Labute approximate surface area is 175 Å². The highest BCUT2D eigenvalue weighted by Gasteiger charge is 2.32. The average molecular weight is 423 g/mol. The lowest BCUT2D eigenvalue weighted by atomic mass is 9.82. The summed E-state index contributed by atoms with van der Waals surface area (Å²) in [6, 6.07) is 3.02. The zero-order valence-electron chi connectivity index (χ0n) is 17.8. The third-order valence-corrected chi connectivity index (χ3v) is 4.65. The first kappa shape index (κ1) is 25.1. The van der Waals surface area contributed by atoms with Crippen LogP contribution in [0, 0.1) is 11.8 Å². The molecule has 0 aliphatic rings. The number of esters is 3. The summed E-state index contributed by atoms with van der Waals surface area (Å²) in [5.74, 6) is -4.41. The summed E-state index contributed by atoms with van der Waals surface area (Å²) in [6.45, 7) is 7.66. The van der Waals surface area contributed by atoms with Gasteiger partial charge in [-0.25, -0.2) is 0 Å². The van der Waals surface area contributed by atoms with Crippen LogP contribution in [0.15, 0.2) is 18.2 Å². The molecule has 0 fully saturated rings. The molecule has 9 nitrogen and oxygen atoms in total. The van der Waals surface area contributed by atoms with Gasteiger partial charge in [-0.05, 0) is 30.0 Å². The van der Waals surface area contributed by atoms with Crippen LogP contribution in [0.5, 0.6) is 11.5 Å². The molecule has 30 heavy (non-hydrogen) atoms. The van der Waals surface area contributed by atoms with E-state index < -0.39 is 35.8 Å². The van der Waals surface area contributed by atoms with Crippen molar-refractivity contribution in [3.05, 3.63) is 23.8 Å². The Balaban J connectivity index is 3.26. The molecular weight excluding hydrogens is 394 g/mol. The first-order valence-electron chi connectivity index (χ1n) is 9.63. The largest absolute Gasteiger partial charge is 0.480 e. The van der Waals surface area contributed by atoms with E-state index in [0.29, 0.717) is 12.0 Å². The number of carboxylic acids is 1. The monoisotopic (exact) mass is 423 g/mol. The molecule has 1 aromatic rings. The molecule has 0 saturated heterocycles. The van der Waals surface area contributed by atoms with Gasteiger partial charge in [-0.1, -0.05) is 26.8 Å². The molecule has 1 aromatic carbocycles. The number of aliphatic carboxylic acids is 1. The van der Waals surface area contributed by atoms with E-state index in [0.717, 1.165) is 0 Å². The van der Waals surface area contributed by atoms with Crippen molar-refractivity contribution in [2.24, 2.45) is 17.6 Å². The van der Waals surface area contributed by atoms with Crippen molar-refractivity contribution >= 4 is 23.9 Å². The van der Waals surface area contributed by atoms with Crippen molar-refractivity contribution in [1.82, 2.24) is 0 Å². The summed E-state index contributed by atoms with van der Waals surface area (Å²) in [7, 11) is 0. The fourth-order valence-corrected chi connectivity index (χ4v) is 2.88. The van der Waals surface area contributed by atoms with E-state index in [4.69, 9.17) is 19.9 Å². The van der Waals surface area contributed by atoms with E-state index >= 15 is 0 Å². The molecule has 3 unspecified atom stereocenters. The van der Waals surface area contributed by atoms with E-state index in [9.17, 15) is 24.3 Å². The van der Waals surface area contributed by atoms with Crippen LogP contribution in [0.25, 0.3) is 0 Å². The fourth-order valence-electron chi connectivity index (χ4n) is 2.88. The van der Waals surface area contributed by atoms with Crippen LogP contribution < -0.4 is 15.2 Å². The second kappa shape index (κ2) is 11.3. The summed E-state index contributed by atoms with van der Waals surface area (Å²) in [4.78, 5) is 46.3. The highest BCUT2D eigenvalue weighted by atomic mass is 16.6. The molecule has 0 heterocycles. The summed E-state index contributed by atoms with van der Waals surface area (Å²) in [5.41, 5.74) is 6.36. The molecular formula is C21H29NO8. The third kappa shape index (κ3) is 7.14. The fraction of sp³-hybridized carbons (Fsp3) is 0.524. The van der Waals surface area contributed by atoms with Crippen molar-refractivity contribution in [3.8, 4) is 11.5 Å². The number of ether oxygens (including phenoxy) is 3. The highest BCUT2D eigenvalue weighted by Crippen LogP contribution is 2.35. The van der Waals surface area contributed by atoms with Crippen molar-refractivity contribution in [1.29, 1.82) is 0 Å². The summed E-state index contributed by atoms with van der Waals surface area (Å²) >= 11 is 0. The molecule has 4 atom stereocenters. The molecule has 3 N–H and O–H groups in total.